The highest BCUT2D eigenvalue weighted by atomic mass is 19.1. The molecule has 1 saturated carbocycles. The minimum atomic E-state index is -0.286. The Morgan fingerprint density at radius 3 is 2.90 bits per heavy atom. The predicted molar refractivity (Wildman–Crippen MR) is 150 cm³/mol. The van der Waals surface area contributed by atoms with E-state index in [1.807, 2.05) is 6.07 Å². The van der Waals surface area contributed by atoms with Crippen LogP contribution in [0.4, 0.5) is 4.39 Å². The van der Waals surface area contributed by atoms with Crippen LogP contribution in [-0.4, -0.2) is 91.1 Å². The number of likely N-dealkylation sites (tertiary alicyclic amines) is 1. The van der Waals surface area contributed by atoms with Crippen LogP contribution in [0.25, 0.3) is 0 Å². The Morgan fingerprint density at radius 2 is 2.12 bits per heavy atom. The molecule has 8 nitrogen and oxygen atoms in total. The van der Waals surface area contributed by atoms with Gasteiger partial charge in [-0.2, -0.15) is 5.26 Å². The number of piperazine rings is 1. The number of benzene rings is 1. The summed E-state index contributed by atoms with van der Waals surface area (Å²) in [5.41, 5.74) is 2.12. The summed E-state index contributed by atoms with van der Waals surface area (Å²) in [6.07, 6.45) is 8.64. The van der Waals surface area contributed by atoms with Gasteiger partial charge >= 0.3 is 0 Å². The molecule has 3 aliphatic heterocycles. The van der Waals surface area contributed by atoms with Crippen LogP contribution in [-0.2, 0) is 21.4 Å². The number of ether oxygens (including phenoxy) is 1. The van der Waals surface area contributed by atoms with Crippen LogP contribution < -0.4 is 10.6 Å². The van der Waals surface area contributed by atoms with Gasteiger partial charge in [-0.05, 0) is 87.2 Å². The summed E-state index contributed by atoms with van der Waals surface area (Å²) in [6, 6.07) is 8.40. The molecule has 1 aromatic rings. The van der Waals surface area contributed by atoms with E-state index >= 15 is 0 Å². The fourth-order valence-electron chi connectivity index (χ4n) is 8.37. The number of nitrogens with one attached hydrogen (secondary N) is 2. The van der Waals surface area contributed by atoms with Crippen LogP contribution in [0.5, 0.6) is 0 Å². The summed E-state index contributed by atoms with van der Waals surface area (Å²) in [5.74, 6) is 0.177. The van der Waals surface area contributed by atoms with E-state index in [2.05, 4.69) is 46.2 Å². The molecular formula is C31H43FN6O2. The van der Waals surface area contributed by atoms with Crippen molar-refractivity contribution in [1.29, 1.82) is 5.26 Å². The second kappa shape index (κ2) is 11.5. The largest absolute Gasteiger partial charge is 0.348 e. The van der Waals surface area contributed by atoms with E-state index < -0.39 is 0 Å². The van der Waals surface area contributed by atoms with Crippen molar-refractivity contribution < 1.29 is 13.9 Å². The third kappa shape index (κ3) is 5.10. The lowest BCUT2D eigenvalue weighted by atomic mass is 9.64. The molecule has 0 radical (unpaired) electrons. The third-order valence-corrected chi connectivity index (χ3v) is 10.5. The number of fused-ring (bicyclic) bond motifs is 3. The zero-order chi connectivity index (χ0) is 27.9. The smallest absolute Gasteiger partial charge is 0.246 e. The Hall–Kier alpha value is -2.35. The number of nitrogens with zero attached hydrogens (tertiary/aromatic N) is 4. The van der Waals surface area contributed by atoms with Crippen molar-refractivity contribution in [3.8, 4) is 6.07 Å². The maximum absolute atomic E-state index is 14.7. The lowest BCUT2D eigenvalue weighted by molar-refractivity contribution is -0.136. The normalized spacial score (nSPS) is 36.3. The highest BCUT2D eigenvalue weighted by molar-refractivity contribution is 5.87. The fourth-order valence-corrected chi connectivity index (χ4v) is 8.37. The molecule has 7 atom stereocenters. The van der Waals surface area contributed by atoms with Gasteiger partial charge in [0, 0.05) is 37.6 Å². The Labute approximate surface area is 237 Å². The van der Waals surface area contributed by atoms with E-state index in [0.717, 1.165) is 57.2 Å². The van der Waals surface area contributed by atoms with Crippen LogP contribution in [0.3, 0.4) is 0 Å². The van der Waals surface area contributed by atoms with Gasteiger partial charge in [-0.25, -0.2) is 4.39 Å². The zero-order valence-corrected chi connectivity index (χ0v) is 23.7. The van der Waals surface area contributed by atoms with Gasteiger partial charge in [0.15, 0.2) is 6.35 Å². The summed E-state index contributed by atoms with van der Waals surface area (Å²) < 4.78 is 21.2. The fraction of sp³-hybridized carbons (Fsp3) is 0.677. The molecule has 3 saturated heterocycles. The van der Waals surface area contributed by atoms with Crippen molar-refractivity contribution in [2.24, 2.45) is 5.92 Å². The van der Waals surface area contributed by atoms with E-state index in [4.69, 9.17) is 4.74 Å². The second-order valence-electron chi connectivity index (χ2n) is 12.6. The maximum Gasteiger partial charge on any atom is 0.246 e. The lowest BCUT2D eigenvalue weighted by Crippen LogP contribution is -2.72. The lowest BCUT2D eigenvalue weighted by Gasteiger charge is -2.55. The van der Waals surface area contributed by atoms with Gasteiger partial charge in [-0.15, -0.1) is 0 Å². The van der Waals surface area contributed by atoms with Crippen LogP contribution in [0.15, 0.2) is 30.9 Å². The molecule has 4 fully saturated rings. The van der Waals surface area contributed by atoms with Gasteiger partial charge in [-0.3, -0.25) is 20.3 Å². The van der Waals surface area contributed by atoms with Crippen LogP contribution >= 0.6 is 0 Å². The summed E-state index contributed by atoms with van der Waals surface area (Å²) in [4.78, 5) is 19.1. The quantitative estimate of drug-likeness (QED) is 0.527. The predicted octanol–water partition coefficient (Wildman–Crippen LogP) is 2.70. The van der Waals surface area contributed by atoms with E-state index in [9.17, 15) is 14.4 Å². The van der Waals surface area contributed by atoms with Gasteiger partial charge in [0.25, 0.3) is 0 Å². The average molecular weight is 551 g/mol. The monoisotopic (exact) mass is 550 g/mol. The van der Waals surface area contributed by atoms with Gasteiger partial charge < -0.3 is 14.5 Å². The molecule has 216 valence electrons. The van der Waals surface area contributed by atoms with E-state index in [-0.39, 0.29) is 41.7 Å². The number of hydrogen-bond donors (Lipinski definition) is 2. The van der Waals surface area contributed by atoms with Crippen molar-refractivity contribution in [3.63, 3.8) is 0 Å². The Morgan fingerprint density at radius 1 is 1.25 bits per heavy atom. The first-order valence-corrected chi connectivity index (χ1v) is 15.1. The van der Waals surface area contributed by atoms with E-state index in [1.165, 1.54) is 18.1 Å². The molecule has 0 aromatic heterocycles. The van der Waals surface area contributed by atoms with Crippen molar-refractivity contribution in [2.45, 2.75) is 87.4 Å². The molecule has 1 spiro atoms. The first-order valence-electron chi connectivity index (χ1n) is 15.1. The Bertz CT molecular complexity index is 1160. The number of hydrogen-bond acceptors (Lipinski definition) is 7. The van der Waals surface area contributed by atoms with Gasteiger partial charge in [0.2, 0.25) is 5.91 Å². The molecule has 3 heterocycles. The molecule has 5 aliphatic rings. The minimum absolute atomic E-state index is 0.00211. The van der Waals surface area contributed by atoms with Crippen molar-refractivity contribution in [2.75, 3.05) is 39.8 Å². The molecule has 1 aromatic carbocycles. The van der Waals surface area contributed by atoms with Gasteiger partial charge in [-0.1, -0.05) is 18.7 Å². The molecule has 2 aliphatic carbocycles. The highest BCUT2D eigenvalue weighted by Crippen LogP contribution is 2.51. The van der Waals surface area contributed by atoms with Gasteiger partial charge in [0.1, 0.15) is 5.82 Å². The van der Waals surface area contributed by atoms with E-state index in [0.29, 0.717) is 38.1 Å². The molecule has 6 rings (SSSR count). The SMILES string of the molecule is C=CC(=O)N1CCN(C2NC(OC[C@H]3CCCN3C)NC3C[C@@]4(CCc5c(F)cccc54)CCC32)C[C@H]1CC#N. The average Bonchev–Trinajstić information content (AvgIpc) is 3.54. The number of likely N-dealkylation sites (N-methyl/N-ethyl adjacent to an activating group) is 1. The highest BCUT2D eigenvalue weighted by Gasteiger charge is 2.51. The molecule has 4 unspecified atom stereocenters. The number of carbonyl (C=O) groups is 1. The Balaban J connectivity index is 1.23. The summed E-state index contributed by atoms with van der Waals surface area (Å²) in [6.45, 7) is 7.40. The number of carbonyl (C=O) groups excluding carboxylic acids is 1. The molecule has 1 amide bonds. The van der Waals surface area contributed by atoms with E-state index in [1.54, 1.807) is 11.0 Å². The van der Waals surface area contributed by atoms with Crippen molar-refractivity contribution in [1.82, 2.24) is 25.3 Å². The topological polar surface area (TPSA) is 83.9 Å². The number of halogens is 1. The van der Waals surface area contributed by atoms with Crippen LogP contribution in [0, 0.1) is 23.1 Å². The molecule has 40 heavy (non-hydrogen) atoms. The molecular weight excluding hydrogens is 507 g/mol. The molecule has 2 N–H and O–H groups in total. The number of nitriles is 1. The van der Waals surface area contributed by atoms with Crippen LogP contribution in [0.2, 0.25) is 0 Å². The first kappa shape index (κ1) is 27.8. The maximum atomic E-state index is 14.7. The van der Waals surface area contributed by atoms with Gasteiger partial charge in [0.05, 0.1) is 31.3 Å². The summed E-state index contributed by atoms with van der Waals surface area (Å²) in [5, 5.41) is 17.1. The number of rotatable bonds is 6. The van der Waals surface area contributed by atoms with Crippen LogP contribution in [0.1, 0.15) is 56.1 Å². The standard InChI is InChI=1S/C31H43FN6O2/c1-3-28(39)38-17-16-37(19-21(38)11-14-33)29-24-10-13-31(12-9-23-25(31)7-4-8-26(23)32)18-27(24)34-30(35-29)40-20-22-6-5-15-36(22)2/h3-4,7-8,21-22,24,27,29-30,34-35H,1,5-6,9-13,15-20H2,2H3/t21-,22-,24?,27?,29?,30?,31-/m1/s1. The Kier molecular flexibility index (Phi) is 7.99. The summed E-state index contributed by atoms with van der Waals surface area (Å²) in [7, 11) is 2.17. The first-order chi connectivity index (χ1) is 19.4. The summed E-state index contributed by atoms with van der Waals surface area (Å²) >= 11 is 0. The zero-order valence-electron chi connectivity index (χ0n) is 23.7. The van der Waals surface area contributed by atoms with Crippen molar-refractivity contribution >= 4 is 5.91 Å². The molecule has 0 bridgehead atoms. The molecule has 9 heteroatoms. The third-order valence-electron chi connectivity index (χ3n) is 10.5. The minimum Gasteiger partial charge on any atom is -0.348 e. The second-order valence-corrected chi connectivity index (χ2v) is 12.6. The number of amides is 1. The van der Waals surface area contributed by atoms with Crippen molar-refractivity contribution in [3.05, 3.63) is 47.8 Å².